The number of aliphatic hydroxyl groups is 3. The predicted molar refractivity (Wildman–Crippen MR) is 163 cm³/mol. The van der Waals surface area contributed by atoms with Crippen LogP contribution in [0.2, 0.25) is 0 Å². The average Bonchev–Trinajstić information content (AvgIpc) is 3.18. The second-order valence-electron chi connectivity index (χ2n) is 10.9. The number of nitrogens with one attached hydrogen (secondary N) is 1. The van der Waals surface area contributed by atoms with Crippen molar-refractivity contribution >= 4 is 29.5 Å². The highest BCUT2D eigenvalue weighted by Gasteiger charge is 2.49. The van der Waals surface area contributed by atoms with Crippen molar-refractivity contribution in [1.82, 2.24) is 5.32 Å². The van der Waals surface area contributed by atoms with E-state index in [1.165, 1.54) is 11.0 Å². The highest BCUT2D eigenvalue weighted by Crippen LogP contribution is 2.28. The Morgan fingerprint density at radius 1 is 1.04 bits per heavy atom. The molecular weight excluding hydrogens is 600 g/mol. The van der Waals surface area contributed by atoms with Gasteiger partial charge in [0.25, 0.3) is 0 Å². The van der Waals surface area contributed by atoms with Crippen LogP contribution in [0.4, 0.5) is 5.69 Å². The molecule has 46 heavy (non-hydrogen) atoms. The van der Waals surface area contributed by atoms with E-state index in [4.69, 9.17) is 18.9 Å². The number of aliphatic hydroxyl groups excluding tert-OH is 3. The topological polar surface area (TPSA) is 181 Å². The van der Waals surface area contributed by atoms with E-state index < -0.39 is 73.1 Å². The lowest BCUT2D eigenvalue weighted by atomic mass is 9.99. The molecule has 2 aliphatic rings. The molecule has 248 valence electrons. The summed E-state index contributed by atoms with van der Waals surface area (Å²) in [6.45, 7) is 4.46. The van der Waals surface area contributed by atoms with Crippen LogP contribution in [-0.2, 0) is 51.0 Å². The molecule has 7 atom stereocenters. The lowest BCUT2D eigenvalue weighted by Gasteiger charge is -2.38. The van der Waals surface area contributed by atoms with Gasteiger partial charge in [0.15, 0.2) is 6.10 Å². The molecule has 2 heterocycles. The van der Waals surface area contributed by atoms with Crippen LogP contribution in [0.15, 0.2) is 67.3 Å². The maximum atomic E-state index is 14.0. The summed E-state index contributed by atoms with van der Waals surface area (Å²) in [5.74, 6) is -3.08. The number of amides is 1. The molecule has 4 rings (SSSR count). The Kier molecular flexibility index (Phi) is 12.4. The van der Waals surface area contributed by atoms with E-state index in [1.807, 2.05) is 36.4 Å². The minimum Gasteiger partial charge on any atom is -0.465 e. The number of ether oxygens (including phenoxy) is 4. The van der Waals surface area contributed by atoms with E-state index in [0.29, 0.717) is 31.4 Å². The first-order valence-corrected chi connectivity index (χ1v) is 15.2. The van der Waals surface area contributed by atoms with Gasteiger partial charge in [0.2, 0.25) is 12.2 Å². The molecule has 0 radical (unpaired) electrons. The molecule has 0 saturated carbocycles. The highest BCUT2D eigenvalue weighted by molar-refractivity contribution is 6.02. The first-order chi connectivity index (χ1) is 22.1. The molecule has 1 saturated heterocycles. The summed E-state index contributed by atoms with van der Waals surface area (Å²) >= 11 is 0. The van der Waals surface area contributed by atoms with Crippen LogP contribution >= 0.6 is 0 Å². The van der Waals surface area contributed by atoms with Crippen molar-refractivity contribution in [3.05, 3.63) is 78.4 Å². The van der Waals surface area contributed by atoms with Crippen LogP contribution in [-0.4, -0.2) is 102 Å². The van der Waals surface area contributed by atoms with Crippen LogP contribution in [0.3, 0.4) is 0 Å². The second kappa shape index (κ2) is 16.4. The molecular formula is C33H40N2O11. The third-order valence-electron chi connectivity index (χ3n) is 7.77. The smallest absolute Gasteiger partial charge is 0.338 e. The highest BCUT2D eigenvalue weighted by atomic mass is 16.7. The zero-order valence-corrected chi connectivity index (χ0v) is 25.5. The Morgan fingerprint density at radius 2 is 1.76 bits per heavy atom. The fraction of sp³-hybridized carbons (Fsp3) is 0.455. The van der Waals surface area contributed by atoms with Gasteiger partial charge < -0.3 is 34.3 Å². The van der Waals surface area contributed by atoms with E-state index in [0.717, 1.165) is 11.1 Å². The van der Waals surface area contributed by atoms with Gasteiger partial charge >= 0.3 is 17.9 Å². The van der Waals surface area contributed by atoms with Gasteiger partial charge in [-0.3, -0.25) is 24.6 Å². The number of aryl methyl sites for hydroxylation is 2. The summed E-state index contributed by atoms with van der Waals surface area (Å²) in [5.41, 5.74) is 2.25. The Morgan fingerprint density at radius 3 is 2.48 bits per heavy atom. The van der Waals surface area contributed by atoms with E-state index in [-0.39, 0.29) is 13.2 Å². The number of nitrogens with zero attached hydrogens (tertiary/aromatic N) is 1. The zero-order valence-electron chi connectivity index (χ0n) is 25.5. The zero-order chi connectivity index (χ0) is 33.2. The fourth-order valence-corrected chi connectivity index (χ4v) is 5.40. The number of hydrogen-bond donors (Lipinski definition) is 4. The number of carbonyl (C=O) groups excluding carboxylic acids is 4. The van der Waals surface area contributed by atoms with Crippen molar-refractivity contribution in [1.29, 1.82) is 0 Å². The third kappa shape index (κ3) is 8.56. The summed E-state index contributed by atoms with van der Waals surface area (Å²) in [6.07, 6.45) is -6.30. The number of para-hydroxylation sites is 1. The first kappa shape index (κ1) is 34.7. The Balaban J connectivity index is 1.51. The summed E-state index contributed by atoms with van der Waals surface area (Å²) in [5, 5.41) is 34.2. The summed E-state index contributed by atoms with van der Waals surface area (Å²) in [7, 11) is 0. The summed E-state index contributed by atoms with van der Waals surface area (Å²) in [4.78, 5) is 53.8. The van der Waals surface area contributed by atoms with Gasteiger partial charge in [0.05, 0.1) is 12.6 Å². The van der Waals surface area contributed by atoms with Gasteiger partial charge in [0, 0.05) is 5.69 Å². The van der Waals surface area contributed by atoms with E-state index in [9.17, 15) is 34.5 Å². The molecule has 13 nitrogen and oxygen atoms in total. The number of hydrogen-bond acceptors (Lipinski definition) is 12. The number of rotatable bonds is 13. The van der Waals surface area contributed by atoms with Crippen LogP contribution in [0.1, 0.15) is 30.9 Å². The van der Waals surface area contributed by atoms with Crippen molar-refractivity contribution in [3.8, 4) is 0 Å². The van der Waals surface area contributed by atoms with Gasteiger partial charge in [-0.1, -0.05) is 61.2 Å². The average molecular weight is 641 g/mol. The van der Waals surface area contributed by atoms with Gasteiger partial charge in [-0.2, -0.15) is 0 Å². The third-order valence-corrected chi connectivity index (χ3v) is 7.77. The van der Waals surface area contributed by atoms with Crippen molar-refractivity contribution in [2.24, 2.45) is 0 Å². The number of esters is 3. The van der Waals surface area contributed by atoms with Crippen molar-refractivity contribution in [2.75, 3.05) is 24.7 Å². The van der Waals surface area contributed by atoms with Gasteiger partial charge in [-0.25, -0.2) is 4.79 Å². The second-order valence-corrected chi connectivity index (χ2v) is 10.9. The number of benzene rings is 2. The monoisotopic (exact) mass is 640 g/mol. The quantitative estimate of drug-likeness (QED) is 0.136. The lowest BCUT2D eigenvalue weighted by Crippen LogP contribution is -2.61. The van der Waals surface area contributed by atoms with Crippen LogP contribution in [0.25, 0.3) is 0 Å². The number of fused-ring (bicyclic) bond motifs is 1. The van der Waals surface area contributed by atoms with Crippen molar-refractivity contribution in [3.63, 3.8) is 0 Å². The molecule has 0 aliphatic carbocycles. The number of carbonyl (C=O) groups is 4. The van der Waals surface area contributed by atoms with E-state index in [1.54, 1.807) is 25.1 Å². The van der Waals surface area contributed by atoms with Gasteiger partial charge in [-0.05, 0) is 49.8 Å². The van der Waals surface area contributed by atoms with E-state index in [2.05, 4.69) is 11.9 Å². The minimum absolute atomic E-state index is 0.165. The standard InChI is InChI=1S/C33H40N2O11/c1-3-18-44-32(42)29-27(38)26(37)28(39)33(46-29)45-25(36)19-35-24-13-9-8-12-21(24)15-17-22(30(35)40)34-23(31(41)43-4-2)16-14-20-10-6-5-7-11-20/h3,5-13,22-23,26-29,33-34,37-39H,1,4,14-19H2,2H3/t22-,23-,26-,27-,28+,29+,33+/m0/s1. The Hall–Kier alpha value is -4.14. The molecule has 0 spiro atoms. The molecule has 1 amide bonds. The lowest BCUT2D eigenvalue weighted by molar-refractivity contribution is -0.286. The van der Waals surface area contributed by atoms with Crippen molar-refractivity contribution in [2.45, 2.75) is 75.4 Å². The fourth-order valence-electron chi connectivity index (χ4n) is 5.40. The minimum atomic E-state index is -1.90. The van der Waals surface area contributed by atoms with Crippen LogP contribution < -0.4 is 10.2 Å². The molecule has 0 bridgehead atoms. The molecule has 13 heteroatoms. The maximum Gasteiger partial charge on any atom is 0.338 e. The molecule has 2 aliphatic heterocycles. The Labute approximate surface area is 266 Å². The molecule has 0 unspecified atom stereocenters. The summed E-state index contributed by atoms with van der Waals surface area (Å²) in [6, 6.07) is 14.9. The van der Waals surface area contributed by atoms with Gasteiger partial charge in [-0.15, -0.1) is 0 Å². The van der Waals surface area contributed by atoms with Gasteiger partial charge in [0.1, 0.15) is 37.5 Å². The summed E-state index contributed by atoms with van der Waals surface area (Å²) < 4.78 is 20.8. The molecule has 0 aromatic heterocycles. The normalized spacial score (nSPS) is 25.0. The maximum absolute atomic E-state index is 14.0. The molecule has 1 fully saturated rings. The molecule has 4 N–H and O–H groups in total. The molecule has 2 aromatic carbocycles. The number of anilines is 1. The van der Waals surface area contributed by atoms with Crippen LogP contribution in [0.5, 0.6) is 0 Å². The van der Waals surface area contributed by atoms with Crippen LogP contribution in [0, 0.1) is 0 Å². The Bertz CT molecular complexity index is 1370. The van der Waals surface area contributed by atoms with E-state index >= 15 is 0 Å². The van der Waals surface area contributed by atoms with Crippen molar-refractivity contribution < 1.29 is 53.4 Å². The predicted octanol–water partition coefficient (Wildman–Crippen LogP) is 0.569. The SMILES string of the molecule is C=CCOC(=O)[C@@H]1O[C@@H](OC(=O)CN2C(=O)[C@@H](N[C@@H](CCc3ccccc3)C(=O)OCC)CCc3ccccc32)[C@H](O)[C@@H](O)[C@@H]1O. The first-order valence-electron chi connectivity index (χ1n) is 15.2. The molecule has 2 aromatic rings. The largest absolute Gasteiger partial charge is 0.465 e.